The average Bonchev–Trinajstić information content (AvgIpc) is 2.38. The summed E-state index contributed by atoms with van der Waals surface area (Å²) < 4.78 is 0. The van der Waals surface area contributed by atoms with Crippen molar-refractivity contribution in [3.8, 4) is 11.4 Å². The van der Waals surface area contributed by atoms with E-state index >= 15 is 0 Å². The molecule has 2 aromatic rings. The normalized spacial score (nSPS) is 10.0. The van der Waals surface area contributed by atoms with E-state index < -0.39 is 0 Å². The zero-order valence-electron chi connectivity index (χ0n) is 8.84. The van der Waals surface area contributed by atoms with Gasteiger partial charge in [-0.2, -0.15) is 0 Å². The maximum Gasteiger partial charge on any atom is 0.159 e. The van der Waals surface area contributed by atoms with E-state index in [1.807, 2.05) is 24.3 Å². The fraction of sp³-hybridized carbons (Fsp3) is 0.154. The summed E-state index contributed by atoms with van der Waals surface area (Å²) in [6, 6.07) is 9.78. The molecule has 1 heterocycles. The lowest BCUT2D eigenvalue weighted by atomic mass is 10.1. The Morgan fingerprint density at radius 1 is 1.06 bits per heavy atom. The molecule has 0 aliphatic rings. The van der Waals surface area contributed by atoms with Crippen molar-refractivity contribution < 1.29 is 4.79 Å². The van der Waals surface area contributed by atoms with Gasteiger partial charge in [-0.15, -0.1) is 0 Å². The minimum absolute atomic E-state index is 0.571. The summed E-state index contributed by atoms with van der Waals surface area (Å²) in [5.41, 5.74) is 2.15. The molecule has 3 nitrogen and oxygen atoms in total. The van der Waals surface area contributed by atoms with E-state index in [0.29, 0.717) is 6.42 Å². The Hall–Kier alpha value is -2.03. The van der Waals surface area contributed by atoms with Crippen LogP contribution in [0, 0.1) is 0 Å². The first kappa shape index (κ1) is 10.5. The minimum atomic E-state index is 0.571. The maximum atomic E-state index is 10.2. The van der Waals surface area contributed by atoms with Crippen molar-refractivity contribution in [1.82, 2.24) is 9.97 Å². The largest absolute Gasteiger partial charge is 0.303 e. The van der Waals surface area contributed by atoms with Crippen LogP contribution in [0.25, 0.3) is 11.4 Å². The molecule has 0 bridgehead atoms. The van der Waals surface area contributed by atoms with Gasteiger partial charge < -0.3 is 4.79 Å². The highest BCUT2D eigenvalue weighted by atomic mass is 16.1. The second-order valence-electron chi connectivity index (χ2n) is 3.47. The van der Waals surface area contributed by atoms with Crippen LogP contribution in [-0.4, -0.2) is 16.3 Å². The lowest BCUT2D eigenvalue weighted by Gasteiger charge is -2.01. The summed E-state index contributed by atoms with van der Waals surface area (Å²) in [6.45, 7) is 0. The highest BCUT2D eigenvalue weighted by Gasteiger charge is 1.99. The summed E-state index contributed by atoms with van der Waals surface area (Å²) in [5.74, 6) is 0.726. The summed E-state index contributed by atoms with van der Waals surface area (Å²) in [6.07, 6.45) is 5.75. The number of nitrogens with zero attached hydrogens (tertiary/aromatic N) is 2. The molecule has 16 heavy (non-hydrogen) atoms. The fourth-order valence-corrected chi connectivity index (χ4v) is 1.49. The number of aldehydes is 1. The molecule has 1 aromatic carbocycles. The second kappa shape index (κ2) is 5.16. The molecule has 1 aromatic heterocycles. The number of hydrogen-bond acceptors (Lipinski definition) is 3. The van der Waals surface area contributed by atoms with Gasteiger partial charge in [0.2, 0.25) is 0 Å². The minimum Gasteiger partial charge on any atom is -0.303 e. The van der Waals surface area contributed by atoms with E-state index in [9.17, 15) is 4.79 Å². The average molecular weight is 212 g/mol. The Kier molecular flexibility index (Phi) is 3.38. The molecule has 0 saturated carbocycles. The Morgan fingerprint density at radius 2 is 1.75 bits per heavy atom. The van der Waals surface area contributed by atoms with Gasteiger partial charge in [0.1, 0.15) is 6.29 Å². The zero-order valence-corrected chi connectivity index (χ0v) is 8.84. The van der Waals surface area contributed by atoms with E-state index in [2.05, 4.69) is 9.97 Å². The van der Waals surface area contributed by atoms with Gasteiger partial charge in [-0.05, 0) is 18.1 Å². The summed E-state index contributed by atoms with van der Waals surface area (Å²) in [5, 5.41) is 0. The van der Waals surface area contributed by atoms with Crippen LogP contribution in [0.1, 0.15) is 12.0 Å². The van der Waals surface area contributed by atoms with Crippen molar-refractivity contribution in [3.63, 3.8) is 0 Å². The molecular formula is C13H12N2O. The molecule has 2 rings (SSSR count). The van der Waals surface area contributed by atoms with Gasteiger partial charge in [-0.3, -0.25) is 0 Å². The first-order valence-corrected chi connectivity index (χ1v) is 5.20. The smallest absolute Gasteiger partial charge is 0.159 e. The van der Waals surface area contributed by atoms with Crippen molar-refractivity contribution in [1.29, 1.82) is 0 Å². The molecule has 0 amide bonds. The highest BCUT2D eigenvalue weighted by Crippen LogP contribution is 2.15. The van der Waals surface area contributed by atoms with Crippen LogP contribution in [0.15, 0.2) is 42.7 Å². The second-order valence-corrected chi connectivity index (χ2v) is 3.47. The molecule has 0 saturated heterocycles. The lowest BCUT2D eigenvalue weighted by Crippen LogP contribution is -1.89. The number of benzene rings is 1. The summed E-state index contributed by atoms with van der Waals surface area (Å²) >= 11 is 0. The molecule has 0 N–H and O–H groups in total. The van der Waals surface area contributed by atoms with Gasteiger partial charge >= 0.3 is 0 Å². The molecular weight excluding hydrogens is 200 g/mol. The number of aromatic nitrogens is 2. The van der Waals surface area contributed by atoms with E-state index in [0.717, 1.165) is 29.7 Å². The van der Waals surface area contributed by atoms with E-state index in [1.54, 1.807) is 18.5 Å². The Balaban J connectivity index is 2.16. The van der Waals surface area contributed by atoms with Crippen molar-refractivity contribution in [2.24, 2.45) is 0 Å². The Labute approximate surface area is 94.2 Å². The molecule has 0 aliphatic carbocycles. The third-order valence-corrected chi connectivity index (χ3v) is 2.33. The number of carbonyl (C=O) groups excluding carboxylic acids is 1. The predicted molar refractivity (Wildman–Crippen MR) is 61.9 cm³/mol. The number of hydrogen-bond donors (Lipinski definition) is 0. The van der Waals surface area contributed by atoms with Gasteiger partial charge in [0.05, 0.1) is 0 Å². The van der Waals surface area contributed by atoms with E-state index in [4.69, 9.17) is 0 Å². The summed E-state index contributed by atoms with van der Waals surface area (Å²) in [7, 11) is 0. The van der Waals surface area contributed by atoms with Crippen LogP contribution >= 0.6 is 0 Å². The van der Waals surface area contributed by atoms with Crippen LogP contribution in [0.5, 0.6) is 0 Å². The first-order chi connectivity index (χ1) is 7.90. The van der Waals surface area contributed by atoms with Gasteiger partial charge in [-0.1, -0.05) is 24.3 Å². The number of carbonyl (C=O) groups is 1. The van der Waals surface area contributed by atoms with Crippen LogP contribution in [0.4, 0.5) is 0 Å². The monoisotopic (exact) mass is 212 g/mol. The first-order valence-electron chi connectivity index (χ1n) is 5.20. The zero-order chi connectivity index (χ0) is 11.2. The van der Waals surface area contributed by atoms with Gasteiger partial charge in [-0.25, -0.2) is 9.97 Å². The van der Waals surface area contributed by atoms with E-state index in [1.165, 1.54) is 0 Å². The fourth-order valence-electron chi connectivity index (χ4n) is 1.49. The molecule has 80 valence electrons. The van der Waals surface area contributed by atoms with Crippen LogP contribution in [0.3, 0.4) is 0 Å². The van der Waals surface area contributed by atoms with E-state index in [-0.39, 0.29) is 0 Å². The number of rotatable bonds is 4. The van der Waals surface area contributed by atoms with Crippen molar-refractivity contribution >= 4 is 6.29 Å². The van der Waals surface area contributed by atoms with Crippen molar-refractivity contribution in [3.05, 3.63) is 48.3 Å². The molecule has 0 spiro atoms. The van der Waals surface area contributed by atoms with Crippen molar-refractivity contribution in [2.75, 3.05) is 0 Å². The topological polar surface area (TPSA) is 42.9 Å². The molecule has 3 heteroatoms. The quantitative estimate of drug-likeness (QED) is 0.730. The van der Waals surface area contributed by atoms with Crippen LogP contribution in [-0.2, 0) is 11.2 Å². The lowest BCUT2D eigenvalue weighted by molar-refractivity contribution is -0.107. The molecule has 0 aliphatic heterocycles. The third-order valence-electron chi connectivity index (χ3n) is 2.33. The van der Waals surface area contributed by atoms with Gasteiger partial charge in [0.25, 0.3) is 0 Å². The summed E-state index contributed by atoms with van der Waals surface area (Å²) in [4.78, 5) is 18.6. The highest BCUT2D eigenvalue weighted by molar-refractivity contribution is 5.55. The van der Waals surface area contributed by atoms with Gasteiger partial charge in [0.15, 0.2) is 5.82 Å². The molecule has 0 atom stereocenters. The van der Waals surface area contributed by atoms with Gasteiger partial charge in [0, 0.05) is 24.4 Å². The molecule has 0 fully saturated rings. The number of aryl methyl sites for hydroxylation is 1. The van der Waals surface area contributed by atoms with Crippen LogP contribution in [0.2, 0.25) is 0 Å². The standard InChI is InChI=1S/C13H12N2O/c16-10-1-3-11-4-6-12(7-5-11)13-14-8-2-9-15-13/h2,4-10H,1,3H2. The third kappa shape index (κ3) is 2.51. The SMILES string of the molecule is O=CCCc1ccc(-c2ncccn2)cc1. The Morgan fingerprint density at radius 3 is 2.38 bits per heavy atom. The van der Waals surface area contributed by atoms with Crippen LogP contribution < -0.4 is 0 Å². The van der Waals surface area contributed by atoms with Crippen molar-refractivity contribution in [2.45, 2.75) is 12.8 Å². The Bertz CT molecular complexity index is 451. The maximum absolute atomic E-state index is 10.2. The molecule has 0 radical (unpaired) electrons. The predicted octanol–water partition coefficient (Wildman–Crippen LogP) is 2.28. The molecule has 0 unspecified atom stereocenters.